The van der Waals surface area contributed by atoms with E-state index in [4.69, 9.17) is 14.6 Å². The molecule has 1 heterocycles. The van der Waals surface area contributed by atoms with Crippen LogP contribution in [0.4, 0.5) is 4.79 Å². The standard InChI is InChI=1S/C9H15NO5/c1-3-15-9(13)10-5-6(14-2)4-7(10)8(11)12/h6-7H,3-5H2,1-2H3,(H,11,12). The first kappa shape index (κ1) is 11.8. The van der Waals surface area contributed by atoms with Crippen LogP contribution in [0.15, 0.2) is 0 Å². The number of hydrogen-bond acceptors (Lipinski definition) is 4. The molecule has 0 radical (unpaired) electrons. The molecule has 1 amide bonds. The Morgan fingerprint density at radius 3 is 2.67 bits per heavy atom. The number of methoxy groups -OCH3 is 1. The Balaban J connectivity index is 2.68. The van der Waals surface area contributed by atoms with Gasteiger partial charge in [0.15, 0.2) is 0 Å². The van der Waals surface area contributed by atoms with Crippen LogP contribution >= 0.6 is 0 Å². The lowest BCUT2D eigenvalue weighted by Crippen LogP contribution is -2.40. The number of rotatable bonds is 3. The van der Waals surface area contributed by atoms with Gasteiger partial charge in [-0.3, -0.25) is 4.90 Å². The molecule has 0 aromatic rings. The normalized spacial score (nSPS) is 25.3. The van der Waals surface area contributed by atoms with Gasteiger partial charge in [0.05, 0.1) is 19.3 Å². The summed E-state index contributed by atoms with van der Waals surface area (Å²) in [5.74, 6) is -1.03. The number of carbonyl (C=O) groups excluding carboxylic acids is 1. The number of ether oxygens (including phenoxy) is 2. The molecule has 15 heavy (non-hydrogen) atoms. The minimum Gasteiger partial charge on any atom is -0.480 e. The molecule has 1 rings (SSSR count). The third-order valence-electron chi connectivity index (χ3n) is 2.38. The van der Waals surface area contributed by atoms with Gasteiger partial charge in [0, 0.05) is 13.5 Å². The van der Waals surface area contributed by atoms with Crippen molar-refractivity contribution in [3.8, 4) is 0 Å². The van der Waals surface area contributed by atoms with Crippen LogP contribution in [0.25, 0.3) is 0 Å². The van der Waals surface area contributed by atoms with Crippen LogP contribution in [0.3, 0.4) is 0 Å². The highest BCUT2D eigenvalue weighted by Gasteiger charge is 2.40. The van der Waals surface area contributed by atoms with E-state index in [-0.39, 0.29) is 19.3 Å². The Morgan fingerprint density at radius 1 is 1.53 bits per heavy atom. The number of carboxylic acid groups (broad SMARTS) is 1. The fourth-order valence-corrected chi connectivity index (χ4v) is 1.61. The van der Waals surface area contributed by atoms with E-state index in [0.29, 0.717) is 6.42 Å². The maximum atomic E-state index is 11.4. The quantitative estimate of drug-likeness (QED) is 0.736. The number of carbonyl (C=O) groups is 2. The predicted octanol–water partition coefficient (Wildman–Crippen LogP) is 0.317. The van der Waals surface area contributed by atoms with E-state index in [1.54, 1.807) is 6.92 Å². The van der Waals surface area contributed by atoms with Gasteiger partial charge in [0.1, 0.15) is 6.04 Å². The van der Waals surface area contributed by atoms with Crippen molar-refractivity contribution in [1.29, 1.82) is 0 Å². The fourth-order valence-electron chi connectivity index (χ4n) is 1.61. The third-order valence-corrected chi connectivity index (χ3v) is 2.38. The summed E-state index contributed by atoms with van der Waals surface area (Å²) in [5.41, 5.74) is 0. The van der Waals surface area contributed by atoms with E-state index in [1.807, 2.05) is 0 Å². The number of likely N-dealkylation sites (tertiary alicyclic amines) is 1. The molecule has 6 heteroatoms. The van der Waals surface area contributed by atoms with Crippen LogP contribution in [0, 0.1) is 0 Å². The molecular weight excluding hydrogens is 202 g/mol. The van der Waals surface area contributed by atoms with E-state index >= 15 is 0 Å². The lowest BCUT2D eigenvalue weighted by molar-refractivity contribution is -0.141. The lowest BCUT2D eigenvalue weighted by Gasteiger charge is -2.19. The van der Waals surface area contributed by atoms with Gasteiger partial charge in [0.2, 0.25) is 0 Å². The van der Waals surface area contributed by atoms with Crippen LogP contribution < -0.4 is 0 Å². The topological polar surface area (TPSA) is 76.1 Å². The lowest BCUT2D eigenvalue weighted by atomic mass is 10.2. The fraction of sp³-hybridized carbons (Fsp3) is 0.778. The summed E-state index contributed by atoms with van der Waals surface area (Å²) in [4.78, 5) is 23.5. The predicted molar refractivity (Wildman–Crippen MR) is 50.6 cm³/mol. The van der Waals surface area contributed by atoms with Gasteiger partial charge in [-0.2, -0.15) is 0 Å². The second kappa shape index (κ2) is 4.97. The van der Waals surface area contributed by atoms with Crippen molar-refractivity contribution < 1.29 is 24.2 Å². The zero-order valence-electron chi connectivity index (χ0n) is 8.80. The molecule has 0 bridgehead atoms. The Bertz CT molecular complexity index is 255. The highest BCUT2D eigenvalue weighted by molar-refractivity contribution is 5.80. The van der Waals surface area contributed by atoms with Crippen LogP contribution in [-0.2, 0) is 14.3 Å². The Hall–Kier alpha value is -1.30. The molecule has 0 aromatic carbocycles. The Morgan fingerprint density at radius 2 is 2.20 bits per heavy atom. The Labute approximate surface area is 87.8 Å². The molecule has 86 valence electrons. The summed E-state index contributed by atoms with van der Waals surface area (Å²) in [7, 11) is 1.50. The number of hydrogen-bond donors (Lipinski definition) is 1. The van der Waals surface area contributed by atoms with Crippen molar-refractivity contribution in [1.82, 2.24) is 4.90 Å². The Kier molecular flexibility index (Phi) is 3.90. The van der Waals surface area contributed by atoms with Gasteiger partial charge in [-0.05, 0) is 6.92 Å². The molecule has 0 saturated carbocycles. The van der Waals surface area contributed by atoms with Gasteiger partial charge in [-0.15, -0.1) is 0 Å². The summed E-state index contributed by atoms with van der Waals surface area (Å²) >= 11 is 0. The largest absolute Gasteiger partial charge is 0.480 e. The summed E-state index contributed by atoms with van der Waals surface area (Å²) in [6, 6.07) is -0.839. The summed E-state index contributed by atoms with van der Waals surface area (Å²) in [6.45, 7) is 2.18. The third kappa shape index (κ3) is 2.59. The van der Waals surface area contributed by atoms with Crippen LogP contribution in [0.1, 0.15) is 13.3 Å². The summed E-state index contributed by atoms with van der Waals surface area (Å²) < 4.78 is 9.80. The van der Waals surface area contributed by atoms with Gasteiger partial charge in [0.25, 0.3) is 0 Å². The van der Waals surface area contributed by atoms with Gasteiger partial charge < -0.3 is 14.6 Å². The SMILES string of the molecule is CCOC(=O)N1CC(OC)CC1C(=O)O. The van der Waals surface area contributed by atoms with E-state index in [2.05, 4.69) is 0 Å². The smallest absolute Gasteiger partial charge is 0.410 e. The van der Waals surface area contributed by atoms with Crippen molar-refractivity contribution in [3.05, 3.63) is 0 Å². The van der Waals surface area contributed by atoms with Crippen molar-refractivity contribution in [2.75, 3.05) is 20.3 Å². The molecule has 1 aliphatic heterocycles. The molecule has 0 aliphatic carbocycles. The molecule has 1 aliphatic rings. The first-order valence-corrected chi connectivity index (χ1v) is 4.79. The molecule has 1 N–H and O–H groups in total. The van der Waals surface area contributed by atoms with Crippen LogP contribution in [0.5, 0.6) is 0 Å². The molecule has 0 aromatic heterocycles. The number of aliphatic carboxylic acids is 1. The average molecular weight is 217 g/mol. The van der Waals surface area contributed by atoms with Crippen molar-refractivity contribution in [2.45, 2.75) is 25.5 Å². The minimum absolute atomic E-state index is 0.226. The molecule has 6 nitrogen and oxygen atoms in total. The summed E-state index contributed by atoms with van der Waals surface area (Å²) in [5, 5.41) is 8.91. The zero-order valence-corrected chi connectivity index (χ0v) is 8.80. The van der Waals surface area contributed by atoms with Gasteiger partial charge in [-0.25, -0.2) is 9.59 Å². The minimum atomic E-state index is -1.03. The van der Waals surface area contributed by atoms with E-state index in [0.717, 1.165) is 0 Å². The van der Waals surface area contributed by atoms with Crippen LogP contribution in [0.2, 0.25) is 0 Å². The maximum Gasteiger partial charge on any atom is 0.410 e. The number of carboxylic acids is 1. The molecular formula is C9H15NO5. The van der Waals surface area contributed by atoms with Crippen LogP contribution in [-0.4, -0.2) is 54.5 Å². The molecule has 2 unspecified atom stereocenters. The van der Waals surface area contributed by atoms with E-state index in [1.165, 1.54) is 12.0 Å². The number of amides is 1. The highest BCUT2D eigenvalue weighted by atomic mass is 16.6. The summed E-state index contributed by atoms with van der Waals surface area (Å²) in [6.07, 6.45) is -0.509. The number of nitrogens with zero attached hydrogens (tertiary/aromatic N) is 1. The zero-order chi connectivity index (χ0) is 11.4. The van der Waals surface area contributed by atoms with E-state index < -0.39 is 18.1 Å². The maximum absolute atomic E-state index is 11.4. The molecule has 1 saturated heterocycles. The molecule has 1 fully saturated rings. The van der Waals surface area contributed by atoms with Crippen molar-refractivity contribution in [3.63, 3.8) is 0 Å². The first-order chi connectivity index (χ1) is 7.10. The van der Waals surface area contributed by atoms with Gasteiger partial charge in [-0.1, -0.05) is 0 Å². The highest BCUT2D eigenvalue weighted by Crippen LogP contribution is 2.20. The van der Waals surface area contributed by atoms with Gasteiger partial charge >= 0.3 is 12.1 Å². The van der Waals surface area contributed by atoms with E-state index in [9.17, 15) is 9.59 Å². The average Bonchev–Trinajstić information content (AvgIpc) is 2.61. The monoisotopic (exact) mass is 217 g/mol. The van der Waals surface area contributed by atoms with Crippen molar-refractivity contribution >= 4 is 12.1 Å². The molecule has 2 atom stereocenters. The second-order valence-electron chi connectivity index (χ2n) is 3.30. The molecule has 0 spiro atoms. The first-order valence-electron chi connectivity index (χ1n) is 4.79. The second-order valence-corrected chi connectivity index (χ2v) is 3.30. The van der Waals surface area contributed by atoms with Crippen molar-refractivity contribution in [2.24, 2.45) is 0 Å².